The van der Waals surface area contributed by atoms with Crippen molar-refractivity contribution in [1.29, 1.82) is 0 Å². The minimum Gasteiger partial charge on any atom is -0.311 e. The van der Waals surface area contributed by atoms with Crippen molar-refractivity contribution in [2.45, 2.75) is 17.9 Å². The summed E-state index contributed by atoms with van der Waals surface area (Å²) in [6.45, 7) is -0.0510. The number of anilines is 1. The van der Waals surface area contributed by atoms with Crippen molar-refractivity contribution in [1.82, 2.24) is 4.31 Å². The van der Waals surface area contributed by atoms with Crippen LogP contribution in [0.25, 0.3) is 0 Å². The van der Waals surface area contributed by atoms with E-state index in [-0.39, 0.29) is 23.9 Å². The summed E-state index contributed by atoms with van der Waals surface area (Å²) in [6, 6.07) is 16.4. The van der Waals surface area contributed by atoms with Crippen molar-refractivity contribution in [3.63, 3.8) is 0 Å². The van der Waals surface area contributed by atoms with Gasteiger partial charge in [0.25, 0.3) is 0 Å². The molecule has 0 aliphatic carbocycles. The standard InChI is InChI=1S/C23H18BrCl3N2O3S/c24-16-4-9-22-15(12-16)10-11-29(22)23(30)14-28(13-19-20(26)2-1-3-21(19)27)33(31,32)18-7-5-17(25)6-8-18/h1-9,12H,10-11,13-14H2. The summed E-state index contributed by atoms with van der Waals surface area (Å²) in [6.07, 6.45) is 0.695. The van der Waals surface area contributed by atoms with Crippen molar-refractivity contribution >= 4 is 72.4 Å². The molecule has 0 atom stereocenters. The number of amides is 1. The molecule has 4 rings (SSSR count). The van der Waals surface area contributed by atoms with Crippen LogP contribution in [0.1, 0.15) is 11.1 Å². The Kier molecular flexibility index (Phi) is 7.38. The fourth-order valence-electron chi connectivity index (χ4n) is 3.71. The van der Waals surface area contributed by atoms with E-state index in [1.165, 1.54) is 24.3 Å². The van der Waals surface area contributed by atoms with E-state index < -0.39 is 10.0 Å². The highest BCUT2D eigenvalue weighted by Crippen LogP contribution is 2.32. The van der Waals surface area contributed by atoms with Crippen LogP contribution in [-0.2, 0) is 27.8 Å². The van der Waals surface area contributed by atoms with Gasteiger partial charge in [0.1, 0.15) is 0 Å². The number of halogens is 4. The van der Waals surface area contributed by atoms with Crippen LogP contribution in [0.3, 0.4) is 0 Å². The average Bonchev–Trinajstić information content (AvgIpc) is 3.19. The molecule has 0 saturated heterocycles. The van der Waals surface area contributed by atoms with Gasteiger partial charge in [-0.15, -0.1) is 0 Å². The van der Waals surface area contributed by atoms with Crippen LogP contribution in [0.2, 0.25) is 15.1 Å². The lowest BCUT2D eigenvalue weighted by atomic mass is 10.2. The van der Waals surface area contributed by atoms with Gasteiger partial charge in [0.15, 0.2) is 0 Å². The fraction of sp³-hybridized carbons (Fsp3) is 0.174. The van der Waals surface area contributed by atoms with Crippen LogP contribution in [-0.4, -0.2) is 31.7 Å². The fourth-order valence-corrected chi connectivity index (χ4v) is 6.12. The van der Waals surface area contributed by atoms with Gasteiger partial charge in [-0.1, -0.05) is 56.8 Å². The van der Waals surface area contributed by atoms with Gasteiger partial charge in [-0.2, -0.15) is 4.31 Å². The predicted molar refractivity (Wildman–Crippen MR) is 136 cm³/mol. The van der Waals surface area contributed by atoms with Crippen LogP contribution >= 0.6 is 50.7 Å². The van der Waals surface area contributed by atoms with E-state index in [9.17, 15) is 13.2 Å². The minimum absolute atomic E-state index is 0.0219. The van der Waals surface area contributed by atoms with Crippen LogP contribution < -0.4 is 4.90 Å². The van der Waals surface area contributed by atoms with E-state index in [1.54, 1.807) is 23.1 Å². The number of carbonyl (C=O) groups excluding carboxylic acids is 1. The SMILES string of the molecule is O=C(CN(Cc1c(Cl)cccc1Cl)S(=O)(=O)c1ccc(Cl)cc1)N1CCc2cc(Br)ccc21. The first-order valence-corrected chi connectivity index (χ1v) is 13.3. The van der Waals surface area contributed by atoms with Gasteiger partial charge in [-0.3, -0.25) is 4.79 Å². The van der Waals surface area contributed by atoms with E-state index >= 15 is 0 Å². The van der Waals surface area contributed by atoms with Gasteiger partial charge in [0.2, 0.25) is 15.9 Å². The van der Waals surface area contributed by atoms with Crippen LogP contribution in [0.4, 0.5) is 5.69 Å². The zero-order valence-corrected chi connectivity index (χ0v) is 21.8. The predicted octanol–water partition coefficient (Wildman–Crippen LogP) is 6.19. The summed E-state index contributed by atoms with van der Waals surface area (Å²) in [7, 11) is -4.06. The van der Waals surface area contributed by atoms with E-state index in [0.717, 1.165) is 20.0 Å². The highest BCUT2D eigenvalue weighted by molar-refractivity contribution is 9.10. The lowest BCUT2D eigenvalue weighted by molar-refractivity contribution is -0.118. The van der Waals surface area contributed by atoms with Gasteiger partial charge in [0.05, 0.1) is 11.4 Å². The molecule has 3 aromatic rings. The zero-order valence-electron chi connectivity index (χ0n) is 17.1. The number of rotatable bonds is 6. The van der Waals surface area contributed by atoms with Crippen LogP contribution in [0, 0.1) is 0 Å². The van der Waals surface area contributed by atoms with Crippen molar-refractivity contribution in [2.75, 3.05) is 18.0 Å². The summed E-state index contributed by atoms with van der Waals surface area (Å²) in [5.74, 6) is -0.336. The average molecular weight is 589 g/mol. The number of sulfonamides is 1. The van der Waals surface area contributed by atoms with E-state index in [4.69, 9.17) is 34.8 Å². The Hall–Kier alpha value is -1.61. The smallest absolute Gasteiger partial charge is 0.243 e. The molecular formula is C23H18BrCl3N2O3S. The third kappa shape index (κ3) is 5.24. The first-order chi connectivity index (χ1) is 15.7. The molecular weight excluding hydrogens is 571 g/mol. The van der Waals surface area contributed by atoms with Crippen molar-refractivity contribution in [3.8, 4) is 0 Å². The Labute approximate surface area is 216 Å². The lowest BCUT2D eigenvalue weighted by Crippen LogP contribution is -2.42. The molecule has 5 nitrogen and oxygen atoms in total. The topological polar surface area (TPSA) is 57.7 Å². The van der Waals surface area contributed by atoms with Crippen LogP contribution in [0.15, 0.2) is 70.0 Å². The first-order valence-electron chi connectivity index (χ1n) is 9.94. The number of carbonyl (C=O) groups is 1. The maximum absolute atomic E-state index is 13.5. The molecule has 0 unspecified atom stereocenters. The van der Waals surface area contributed by atoms with Crippen molar-refractivity contribution in [2.24, 2.45) is 0 Å². The molecule has 0 radical (unpaired) electrons. The molecule has 1 aliphatic rings. The third-order valence-corrected chi connectivity index (χ3v) is 8.66. The molecule has 33 heavy (non-hydrogen) atoms. The monoisotopic (exact) mass is 586 g/mol. The molecule has 0 aromatic heterocycles. The van der Waals surface area contributed by atoms with Crippen LogP contribution in [0.5, 0.6) is 0 Å². The van der Waals surface area contributed by atoms with Gasteiger partial charge < -0.3 is 4.90 Å². The van der Waals surface area contributed by atoms with E-state index in [1.807, 2.05) is 18.2 Å². The summed E-state index contributed by atoms with van der Waals surface area (Å²) in [5.41, 5.74) is 2.23. The molecule has 10 heteroatoms. The maximum Gasteiger partial charge on any atom is 0.243 e. The number of hydrogen-bond donors (Lipinski definition) is 0. The molecule has 1 aliphatic heterocycles. The maximum atomic E-state index is 13.5. The quantitative estimate of drug-likeness (QED) is 0.345. The first kappa shape index (κ1) is 24.5. The van der Waals surface area contributed by atoms with E-state index in [2.05, 4.69) is 15.9 Å². The second-order valence-electron chi connectivity index (χ2n) is 7.50. The summed E-state index contributed by atoms with van der Waals surface area (Å²) in [4.78, 5) is 14.9. The molecule has 172 valence electrons. The van der Waals surface area contributed by atoms with Crippen molar-refractivity contribution < 1.29 is 13.2 Å². The Bertz CT molecular complexity index is 1300. The molecule has 1 amide bonds. The van der Waals surface area contributed by atoms with Gasteiger partial charge >= 0.3 is 0 Å². The number of hydrogen-bond acceptors (Lipinski definition) is 3. The van der Waals surface area contributed by atoms with Crippen molar-refractivity contribution in [3.05, 3.63) is 91.3 Å². The minimum atomic E-state index is -4.06. The molecule has 0 bridgehead atoms. The second kappa shape index (κ2) is 9.94. The molecule has 0 N–H and O–H groups in total. The largest absolute Gasteiger partial charge is 0.311 e. The van der Waals surface area contributed by atoms with Gasteiger partial charge in [-0.25, -0.2) is 8.42 Å². The zero-order chi connectivity index (χ0) is 23.8. The van der Waals surface area contributed by atoms with E-state index in [0.29, 0.717) is 33.6 Å². The number of fused-ring (bicyclic) bond motifs is 1. The Morgan fingerprint density at radius 2 is 1.67 bits per heavy atom. The highest BCUT2D eigenvalue weighted by Gasteiger charge is 2.32. The third-order valence-electron chi connectivity index (χ3n) is 5.40. The van der Waals surface area contributed by atoms with Gasteiger partial charge in [-0.05, 0) is 66.6 Å². The molecule has 0 spiro atoms. The number of benzene rings is 3. The summed E-state index contributed by atoms with van der Waals surface area (Å²) in [5, 5.41) is 1.05. The molecule has 3 aromatic carbocycles. The summed E-state index contributed by atoms with van der Waals surface area (Å²) < 4.78 is 29.1. The lowest BCUT2D eigenvalue weighted by Gasteiger charge is -2.26. The highest BCUT2D eigenvalue weighted by atomic mass is 79.9. The second-order valence-corrected chi connectivity index (χ2v) is 11.6. The molecule has 0 saturated carbocycles. The summed E-state index contributed by atoms with van der Waals surface area (Å²) >= 11 is 22.0. The molecule has 1 heterocycles. The molecule has 0 fully saturated rings. The Balaban J connectivity index is 1.69. The Morgan fingerprint density at radius 1 is 1.00 bits per heavy atom. The van der Waals surface area contributed by atoms with Gasteiger partial charge in [0, 0.05) is 43.9 Å². The Morgan fingerprint density at radius 3 is 2.33 bits per heavy atom. The normalized spacial score (nSPS) is 13.4. The number of nitrogens with zero attached hydrogens (tertiary/aromatic N) is 2.